The van der Waals surface area contributed by atoms with E-state index >= 15 is 0 Å². The highest BCUT2D eigenvalue weighted by atomic mass is 16.5. The van der Waals surface area contributed by atoms with Gasteiger partial charge in [-0.05, 0) is 48.5 Å². The minimum absolute atomic E-state index is 0.697. The molecular weight excluding hydrogens is 584 g/mol. The van der Waals surface area contributed by atoms with Crippen molar-refractivity contribution in [3.05, 3.63) is 85.5 Å². The Bertz CT molecular complexity index is 2310. The molecule has 0 aliphatic carbocycles. The molecule has 12 nitrogen and oxygen atoms in total. The first kappa shape index (κ1) is 28.5. The second kappa shape index (κ2) is 12.0. The predicted octanol–water partition coefficient (Wildman–Crippen LogP) is 6.38. The van der Waals surface area contributed by atoms with Gasteiger partial charge >= 0.3 is 0 Å². The molecule has 4 aromatic carbocycles. The van der Waals surface area contributed by atoms with Crippen LogP contribution in [0.2, 0.25) is 0 Å². The number of nitrogens with zero attached hydrogens (tertiary/aromatic N) is 6. The fourth-order valence-corrected chi connectivity index (χ4v) is 5.22. The van der Waals surface area contributed by atoms with Crippen LogP contribution in [0.5, 0.6) is 23.0 Å². The lowest BCUT2D eigenvalue weighted by Gasteiger charge is -2.12. The number of ether oxygens (including phenoxy) is 4. The van der Waals surface area contributed by atoms with Crippen LogP contribution in [-0.2, 0) is 0 Å². The molecule has 4 aromatic heterocycles. The molecule has 228 valence electrons. The van der Waals surface area contributed by atoms with Gasteiger partial charge in [0.1, 0.15) is 23.0 Å². The Kier molecular flexibility index (Phi) is 7.43. The SMILES string of the molecule is COc1cc(OC)cc(-c2cnc3cc4cn[nH]c4cc3n2)c1.COc1cccc(OC)c1-c1cnc2cc3[nH]ncc3cc2n1. The molecule has 0 atom stereocenters. The molecule has 0 aliphatic heterocycles. The van der Waals surface area contributed by atoms with E-state index in [0.717, 1.165) is 60.7 Å². The third-order valence-corrected chi connectivity index (χ3v) is 7.54. The van der Waals surface area contributed by atoms with Crippen LogP contribution in [0.1, 0.15) is 0 Å². The van der Waals surface area contributed by atoms with E-state index in [1.807, 2.05) is 60.7 Å². The molecule has 2 N–H and O–H groups in total. The lowest BCUT2D eigenvalue weighted by atomic mass is 10.1. The Hall–Kier alpha value is -6.30. The summed E-state index contributed by atoms with van der Waals surface area (Å²) < 4.78 is 21.5. The van der Waals surface area contributed by atoms with Crippen LogP contribution in [-0.4, -0.2) is 68.8 Å². The van der Waals surface area contributed by atoms with Crippen molar-refractivity contribution in [2.24, 2.45) is 0 Å². The summed E-state index contributed by atoms with van der Waals surface area (Å²) in [6.07, 6.45) is 7.03. The molecule has 0 unspecified atom stereocenters. The highest BCUT2D eigenvalue weighted by Crippen LogP contribution is 2.37. The van der Waals surface area contributed by atoms with Crippen LogP contribution < -0.4 is 18.9 Å². The number of benzene rings is 4. The summed E-state index contributed by atoms with van der Waals surface area (Å²) in [5, 5.41) is 16.0. The van der Waals surface area contributed by atoms with Crippen molar-refractivity contribution in [3.8, 4) is 45.5 Å². The summed E-state index contributed by atoms with van der Waals surface area (Å²) >= 11 is 0. The molecule has 0 saturated heterocycles. The fourth-order valence-electron chi connectivity index (χ4n) is 5.22. The van der Waals surface area contributed by atoms with Crippen molar-refractivity contribution in [2.75, 3.05) is 28.4 Å². The highest BCUT2D eigenvalue weighted by Gasteiger charge is 2.15. The molecule has 0 amide bonds. The second-order valence-electron chi connectivity index (χ2n) is 10.2. The smallest absolute Gasteiger partial charge is 0.132 e. The second-order valence-corrected chi connectivity index (χ2v) is 10.2. The number of methoxy groups -OCH3 is 4. The first-order valence-corrected chi connectivity index (χ1v) is 14.2. The Balaban J connectivity index is 0.000000147. The maximum absolute atomic E-state index is 5.45. The quantitative estimate of drug-likeness (QED) is 0.217. The Morgan fingerprint density at radius 1 is 0.522 bits per heavy atom. The standard InChI is InChI=1S/2C17H14N4O2/c1-22-12-3-10(4-13(6-12)23-2)17-9-18-15-5-11-8-19-21-14(11)7-16(15)20-17;1-22-15-4-3-5-16(23-2)17(15)14-9-18-12-7-11-10(8-19-21-11)6-13(12)20-14/h2*3-9H,1-2H3,(H,19,21). The topological polar surface area (TPSA) is 146 Å². The largest absolute Gasteiger partial charge is 0.497 e. The van der Waals surface area contributed by atoms with Crippen molar-refractivity contribution < 1.29 is 18.9 Å². The van der Waals surface area contributed by atoms with Gasteiger partial charge in [-0.15, -0.1) is 0 Å². The highest BCUT2D eigenvalue weighted by molar-refractivity contribution is 5.94. The third-order valence-electron chi connectivity index (χ3n) is 7.54. The van der Waals surface area contributed by atoms with Crippen LogP contribution in [0.15, 0.2) is 85.5 Å². The predicted molar refractivity (Wildman–Crippen MR) is 175 cm³/mol. The van der Waals surface area contributed by atoms with Crippen LogP contribution in [0.3, 0.4) is 0 Å². The van der Waals surface area contributed by atoms with Gasteiger partial charge in [-0.3, -0.25) is 20.2 Å². The first-order valence-electron chi connectivity index (χ1n) is 14.2. The molecule has 8 aromatic rings. The van der Waals surface area contributed by atoms with Gasteiger partial charge in [0.2, 0.25) is 0 Å². The first-order chi connectivity index (χ1) is 22.6. The van der Waals surface area contributed by atoms with Gasteiger partial charge in [-0.2, -0.15) is 10.2 Å². The molecule has 0 saturated carbocycles. The number of hydrogen-bond donors (Lipinski definition) is 2. The summed E-state index contributed by atoms with van der Waals surface area (Å²) in [4.78, 5) is 18.5. The monoisotopic (exact) mass is 612 g/mol. The molecule has 0 bridgehead atoms. The minimum atomic E-state index is 0.697. The number of aromatic amines is 2. The van der Waals surface area contributed by atoms with E-state index in [-0.39, 0.29) is 0 Å². The summed E-state index contributed by atoms with van der Waals surface area (Å²) in [5.41, 5.74) is 8.26. The van der Waals surface area contributed by atoms with E-state index in [0.29, 0.717) is 28.7 Å². The average molecular weight is 613 g/mol. The van der Waals surface area contributed by atoms with E-state index in [9.17, 15) is 0 Å². The summed E-state index contributed by atoms with van der Waals surface area (Å²) in [6.45, 7) is 0. The van der Waals surface area contributed by atoms with E-state index < -0.39 is 0 Å². The van der Waals surface area contributed by atoms with Crippen LogP contribution >= 0.6 is 0 Å². The molecule has 12 heteroatoms. The number of nitrogens with one attached hydrogen (secondary N) is 2. The van der Waals surface area contributed by atoms with Gasteiger partial charge in [0.15, 0.2) is 0 Å². The molecule has 0 spiro atoms. The van der Waals surface area contributed by atoms with Crippen molar-refractivity contribution in [1.29, 1.82) is 0 Å². The van der Waals surface area contributed by atoms with Crippen molar-refractivity contribution in [3.63, 3.8) is 0 Å². The number of hydrogen-bond acceptors (Lipinski definition) is 10. The number of fused-ring (bicyclic) bond motifs is 4. The zero-order chi connectivity index (χ0) is 31.6. The molecule has 46 heavy (non-hydrogen) atoms. The van der Waals surface area contributed by atoms with Gasteiger partial charge in [-0.1, -0.05) is 6.07 Å². The van der Waals surface area contributed by atoms with Crippen molar-refractivity contribution in [2.45, 2.75) is 0 Å². The van der Waals surface area contributed by atoms with Gasteiger partial charge in [-0.25, -0.2) is 9.97 Å². The van der Waals surface area contributed by atoms with Crippen LogP contribution in [0.4, 0.5) is 0 Å². The fraction of sp³-hybridized carbons (Fsp3) is 0.118. The normalized spacial score (nSPS) is 11.0. The number of H-pyrrole nitrogens is 2. The lowest BCUT2D eigenvalue weighted by molar-refractivity contribution is 0.394. The Labute approximate surface area is 262 Å². The van der Waals surface area contributed by atoms with E-state index in [4.69, 9.17) is 28.9 Å². The summed E-state index contributed by atoms with van der Waals surface area (Å²) in [5.74, 6) is 2.82. The Morgan fingerprint density at radius 3 is 1.65 bits per heavy atom. The number of aromatic nitrogens is 8. The molecule has 8 rings (SSSR count). The zero-order valence-electron chi connectivity index (χ0n) is 25.4. The minimum Gasteiger partial charge on any atom is -0.497 e. The van der Waals surface area contributed by atoms with Crippen molar-refractivity contribution in [1.82, 2.24) is 40.3 Å². The molecule has 0 fully saturated rings. The summed E-state index contributed by atoms with van der Waals surface area (Å²) in [7, 11) is 6.50. The van der Waals surface area contributed by atoms with Gasteiger partial charge in [0, 0.05) is 22.4 Å². The van der Waals surface area contributed by atoms with E-state index in [1.165, 1.54) is 0 Å². The van der Waals surface area contributed by atoms with E-state index in [2.05, 4.69) is 30.4 Å². The van der Waals surface area contributed by atoms with Crippen LogP contribution in [0, 0.1) is 0 Å². The van der Waals surface area contributed by atoms with Gasteiger partial charge < -0.3 is 18.9 Å². The molecular formula is C34H28N8O4. The zero-order valence-corrected chi connectivity index (χ0v) is 25.4. The third kappa shape index (κ3) is 5.32. The lowest BCUT2D eigenvalue weighted by Crippen LogP contribution is -1.96. The van der Waals surface area contributed by atoms with Gasteiger partial charge in [0.05, 0.1) is 103 Å². The van der Waals surface area contributed by atoms with Gasteiger partial charge in [0.25, 0.3) is 0 Å². The van der Waals surface area contributed by atoms with Crippen LogP contribution in [0.25, 0.3) is 66.4 Å². The van der Waals surface area contributed by atoms with E-state index in [1.54, 1.807) is 53.2 Å². The maximum Gasteiger partial charge on any atom is 0.132 e. The average Bonchev–Trinajstić information content (AvgIpc) is 3.77. The molecule has 4 heterocycles. The maximum atomic E-state index is 5.45. The molecule has 0 aliphatic rings. The summed E-state index contributed by atoms with van der Waals surface area (Å²) in [6, 6.07) is 19.1. The number of rotatable bonds is 6. The Morgan fingerprint density at radius 2 is 1.04 bits per heavy atom. The molecule has 0 radical (unpaired) electrons. The van der Waals surface area contributed by atoms with Crippen molar-refractivity contribution >= 4 is 43.9 Å².